The molecular formula is C35H22N3S+. The first-order valence-electron chi connectivity index (χ1n) is 13.3. The van der Waals surface area contributed by atoms with Crippen LogP contribution in [0.2, 0.25) is 0 Å². The number of thiophene rings is 1. The van der Waals surface area contributed by atoms with E-state index in [4.69, 9.17) is 0 Å². The van der Waals surface area contributed by atoms with Crippen LogP contribution in [0.5, 0.6) is 0 Å². The lowest BCUT2D eigenvalue weighted by molar-refractivity contribution is 0.781. The summed E-state index contributed by atoms with van der Waals surface area (Å²) in [5.74, 6) is 0. The maximum Gasteiger partial charge on any atom is 0.235 e. The fourth-order valence-corrected chi connectivity index (χ4v) is 7.78. The Morgan fingerprint density at radius 3 is 2.54 bits per heavy atom. The van der Waals surface area contributed by atoms with Crippen molar-refractivity contribution in [3.05, 3.63) is 128 Å². The molecule has 0 saturated heterocycles. The van der Waals surface area contributed by atoms with Gasteiger partial charge in [-0.25, -0.2) is 0 Å². The van der Waals surface area contributed by atoms with Crippen molar-refractivity contribution in [1.82, 2.24) is 14.1 Å². The van der Waals surface area contributed by atoms with Crippen molar-refractivity contribution >= 4 is 70.4 Å². The fourth-order valence-electron chi connectivity index (χ4n) is 6.53. The van der Waals surface area contributed by atoms with Crippen molar-refractivity contribution in [3.8, 4) is 11.1 Å². The molecule has 4 heteroatoms. The van der Waals surface area contributed by atoms with Crippen molar-refractivity contribution in [2.75, 3.05) is 0 Å². The molecule has 0 radical (unpaired) electrons. The third-order valence-electron chi connectivity index (χ3n) is 8.18. The Hall–Kier alpha value is -4.80. The van der Waals surface area contributed by atoms with E-state index < -0.39 is 0 Å². The predicted molar refractivity (Wildman–Crippen MR) is 166 cm³/mol. The minimum atomic E-state index is 0.120. The lowest BCUT2D eigenvalue weighted by atomic mass is 10.0. The molecule has 0 bridgehead atoms. The number of allylic oxidation sites excluding steroid dienone is 4. The van der Waals surface area contributed by atoms with Gasteiger partial charge in [0.25, 0.3) is 0 Å². The summed E-state index contributed by atoms with van der Waals surface area (Å²) in [5.41, 5.74) is 8.54. The van der Waals surface area contributed by atoms with E-state index in [9.17, 15) is 0 Å². The summed E-state index contributed by atoms with van der Waals surface area (Å²) in [6.07, 6.45) is 12.7. The summed E-state index contributed by atoms with van der Waals surface area (Å²) in [4.78, 5) is 4.30. The summed E-state index contributed by atoms with van der Waals surface area (Å²) in [6.45, 7) is 0. The van der Waals surface area contributed by atoms with Crippen LogP contribution < -0.4 is 4.58 Å². The van der Waals surface area contributed by atoms with Gasteiger partial charge in [-0.3, -0.25) is 4.98 Å². The van der Waals surface area contributed by atoms with E-state index in [0.29, 0.717) is 0 Å². The normalized spacial score (nSPS) is 16.2. The van der Waals surface area contributed by atoms with Crippen LogP contribution in [0.3, 0.4) is 0 Å². The molecule has 0 saturated carbocycles. The van der Waals surface area contributed by atoms with Gasteiger partial charge in [0.05, 0.1) is 5.52 Å². The van der Waals surface area contributed by atoms with Gasteiger partial charge in [-0.05, 0) is 41.5 Å². The van der Waals surface area contributed by atoms with Crippen LogP contribution in [-0.4, -0.2) is 15.3 Å². The number of hydrogen-bond acceptors (Lipinski definition) is 2. The molecule has 182 valence electrons. The highest BCUT2D eigenvalue weighted by Gasteiger charge is 2.37. The monoisotopic (exact) mass is 516 g/mol. The van der Waals surface area contributed by atoms with Crippen molar-refractivity contribution in [1.29, 1.82) is 0 Å². The van der Waals surface area contributed by atoms with Crippen molar-refractivity contribution < 1.29 is 0 Å². The number of hydrogen-bond donors (Lipinski definition) is 0. The van der Waals surface area contributed by atoms with Crippen LogP contribution in [0.1, 0.15) is 6.04 Å². The number of rotatable bonds is 2. The van der Waals surface area contributed by atoms with E-state index in [2.05, 4.69) is 123 Å². The van der Waals surface area contributed by atoms with Gasteiger partial charge in [0.2, 0.25) is 17.1 Å². The van der Waals surface area contributed by atoms with E-state index in [1.165, 1.54) is 64.6 Å². The SMILES string of the molecule is C1=CC2=[N+](c3ccc(-c4cccnc4)cc3)c3cccc4c5c6sc7ccccc7c6ccc5n(c34)C2C=C1. The van der Waals surface area contributed by atoms with E-state index >= 15 is 0 Å². The number of fused-ring (bicyclic) bond motifs is 9. The van der Waals surface area contributed by atoms with Gasteiger partial charge in [0.15, 0.2) is 0 Å². The third-order valence-corrected chi connectivity index (χ3v) is 9.39. The molecule has 1 aliphatic heterocycles. The third kappa shape index (κ3) is 2.87. The summed E-state index contributed by atoms with van der Waals surface area (Å²) < 4.78 is 7.72. The minimum Gasteiger partial charge on any atom is -0.318 e. The molecule has 2 aliphatic rings. The second kappa shape index (κ2) is 7.85. The smallest absolute Gasteiger partial charge is 0.235 e. The van der Waals surface area contributed by atoms with Crippen LogP contribution >= 0.6 is 11.3 Å². The van der Waals surface area contributed by atoms with Gasteiger partial charge in [-0.15, -0.1) is 11.3 Å². The molecule has 7 aromatic rings. The minimum absolute atomic E-state index is 0.120. The Morgan fingerprint density at radius 2 is 1.64 bits per heavy atom. The van der Waals surface area contributed by atoms with Crippen LogP contribution in [0.4, 0.5) is 11.4 Å². The second-order valence-corrected chi connectivity index (χ2v) is 11.3. The van der Waals surface area contributed by atoms with Crippen molar-refractivity contribution in [2.45, 2.75) is 6.04 Å². The molecule has 4 heterocycles. The molecule has 9 rings (SSSR count). The largest absolute Gasteiger partial charge is 0.318 e. The molecule has 1 aliphatic carbocycles. The fraction of sp³-hybridized carbons (Fsp3) is 0.0286. The zero-order chi connectivity index (χ0) is 25.5. The Bertz CT molecular complexity index is 2210. The number of nitrogens with zero attached hydrogens (tertiary/aromatic N) is 3. The molecule has 3 aromatic heterocycles. The predicted octanol–water partition coefficient (Wildman–Crippen LogP) is 9.18. The van der Waals surface area contributed by atoms with Crippen LogP contribution in [-0.2, 0) is 0 Å². The summed E-state index contributed by atoms with van der Waals surface area (Å²) in [5, 5.41) is 5.37. The lowest BCUT2D eigenvalue weighted by Gasteiger charge is -2.24. The second-order valence-electron chi connectivity index (χ2n) is 10.2. The zero-order valence-electron chi connectivity index (χ0n) is 21.0. The Kier molecular flexibility index (Phi) is 4.26. The quantitative estimate of drug-likeness (QED) is 0.210. The van der Waals surface area contributed by atoms with E-state index in [1.807, 2.05) is 29.8 Å². The van der Waals surface area contributed by atoms with Gasteiger partial charge in [0.1, 0.15) is 11.6 Å². The average molecular weight is 517 g/mol. The summed E-state index contributed by atoms with van der Waals surface area (Å²) >= 11 is 1.91. The first kappa shape index (κ1) is 21.2. The molecule has 39 heavy (non-hydrogen) atoms. The molecular weight excluding hydrogens is 494 g/mol. The molecule has 4 aromatic carbocycles. The first-order valence-corrected chi connectivity index (χ1v) is 14.1. The van der Waals surface area contributed by atoms with E-state index in [1.54, 1.807) is 0 Å². The summed E-state index contributed by atoms with van der Waals surface area (Å²) in [6, 6.07) is 33.3. The highest BCUT2D eigenvalue weighted by molar-refractivity contribution is 7.26. The van der Waals surface area contributed by atoms with E-state index in [-0.39, 0.29) is 6.04 Å². The molecule has 0 spiro atoms. The number of benzene rings is 4. The maximum absolute atomic E-state index is 4.30. The Labute approximate surface area is 228 Å². The van der Waals surface area contributed by atoms with Crippen LogP contribution in [0.25, 0.3) is 53.1 Å². The number of aromatic nitrogens is 2. The van der Waals surface area contributed by atoms with Crippen LogP contribution in [0, 0.1) is 0 Å². The standard InChI is InChI=1S/C35H22N3S/c1-4-13-32-25(8-1)26-18-19-30-33(35(26)39-32)27-9-5-12-31-34(27)38(30)29-11-3-2-10-28(29)37(31)24-16-14-22(15-17-24)23-7-6-20-36-21-23/h1-21,29H/q+1. The molecule has 1 unspecified atom stereocenters. The van der Waals surface area contributed by atoms with Gasteiger partial charge >= 0.3 is 0 Å². The summed E-state index contributed by atoms with van der Waals surface area (Å²) in [7, 11) is 0. The van der Waals surface area contributed by atoms with Gasteiger partial charge < -0.3 is 4.57 Å². The van der Waals surface area contributed by atoms with E-state index in [0.717, 1.165) is 5.56 Å². The highest BCUT2D eigenvalue weighted by Crippen LogP contribution is 2.47. The lowest BCUT2D eigenvalue weighted by Crippen LogP contribution is -2.30. The highest BCUT2D eigenvalue weighted by atomic mass is 32.1. The average Bonchev–Trinajstić information content (AvgIpc) is 3.55. The Morgan fingerprint density at radius 1 is 0.744 bits per heavy atom. The number of pyridine rings is 1. The molecule has 3 nitrogen and oxygen atoms in total. The van der Waals surface area contributed by atoms with Crippen LogP contribution in [0.15, 0.2) is 128 Å². The Balaban J connectivity index is 1.35. The maximum atomic E-state index is 4.30. The topological polar surface area (TPSA) is 20.8 Å². The molecule has 1 atom stereocenters. The van der Waals surface area contributed by atoms with Crippen molar-refractivity contribution in [3.63, 3.8) is 0 Å². The van der Waals surface area contributed by atoms with Gasteiger partial charge in [-0.2, -0.15) is 4.58 Å². The molecule has 0 fully saturated rings. The molecule has 0 amide bonds. The van der Waals surface area contributed by atoms with Crippen molar-refractivity contribution in [2.24, 2.45) is 0 Å². The first-order chi connectivity index (χ1) is 19.4. The van der Waals surface area contributed by atoms with Gasteiger partial charge in [0, 0.05) is 67.6 Å². The number of para-hydroxylation sites is 1. The van der Waals surface area contributed by atoms with Gasteiger partial charge in [-0.1, -0.05) is 60.7 Å². The molecule has 0 N–H and O–H groups in total. The zero-order valence-corrected chi connectivity index (χ0v) is 21.8.